The number of aryl methyl sites for hydroxylation is 1. The third kappa shape index (κ3) is 7.65. The van der Waals surface area contributed by atoms with Gasteiger partial charge in [-0.15, -0.1) is 11.3 Å². The molecule has 0 saturated carbocycles. The molecule has 13 rings (SSSR count). The number of nitrogens with zero attached hydrogens (tertiary/aromatic N) is 19. The summed E-state index contributed by atoms with van der Waals surface area (Å²) in [6.07, 6.45) is 0. The molecule has 0 saturated heterocycles. The third-order valence-corrected chi connectivity index (χ3v) is 19.0. The Kier molecular flexibility index (Phi) is 13.5. The van der Waals surface area contributed by atoms with Crippen molar-refractivity contribution in [2.75, 3.05) is 0 Å². The first-order chi connectivity index (χ1) is 46.7. The maximum atomic E-state index is 12.1. The van der Waals surface area contributed by atoms with Crippen molar-refractivity contribution in [2.24, 2.45) is 0 Å². The van der Waals surface area contributed by atoms with Crippen molar-refractivity contribution in [3.63, 3.8) is 0 Å². The zero-order valence-electron chi connectivity index (χ0n) is 48.6. The van der Waals surface area contributed by atoms with Crippen LogP contribution in [0.15, 0.2) is 72.8 Å². The largest absolute Gasteiger partial charge is 0.621 e. The molecule has 8 aromatic carbocycles. The number of rotatable bonds is 4. The van der Waals surface area contributed by atoms with Gasteiger partial charge in [-0.05, 0) is 139 Å². The van der Waals surface area contributed by atoms with Crippen LogP contribution in [0.4, 0.5) is 45.5 Å². The van der Waals surface area contributed by atoms with Gasteiger partial charge in [0.15, 0.2) is 45.5 Å². The van der Waals surface area contributed by atoms with E-state index in [4.69, 9.17) is 52.6 Å². The molecule has 0 radical (unpaired) electrons. The molecule has 0 fully saturated rings. The minimum absolute atomic E-state index is 0.00507. The predicted molar refractivity (Wildman–Crippen MR) is 360 cm³/mol. The summed E-state index contributed by atoms with van der Waals surface area (Å²) in [7, 11) is 0. The van der Waals surface area contributed by atoms with Crippen molar-refractivity contribution in [1.82, 2.24) is 0 Å². The van der Waals surface area contributed by atoms with Gasteiger partial charge >= 0.3 is 27.1 Å². The van der Waals surface area contributed by atoms with Crippen molar-refractivity contribution >= 4 is 128 Å². The van der Waals surface area contributed by atoms with E-state index < -0.39 is 55.2 Å². The molecule has 96 heavy (non-hydrogen) atoms. The summed E-state index contributed by atoms with van der Waals surface area (Å²) in [5, 5.41) is 102. The first-order valence-electron chi connectivity index (χ1n) is 27.8. The highest BCUT2D eigenvalue weighted by Crippen LogP contribution is 2.61. The van der Waals surface area contributed by atoms with E-state index >= 15 is 0 Å². The SMILES string of the molecule is [C-]#[N+]B1c2c([N+]#[C-])cc(C#N)cc2-c2cc(C#N)c(-c3c(-c4c([N+]#[C-])cc5c(c4[N+]#[C-])B([N+]#[C-])c4c([N+]#[C-])cc(C)cc4-5)sc(-c4c(C#N)cc5c(c4C#N)B(C#N)c4c(C#N)cc([N+]#[C-])cc4-5)c3-c3c([N+]#[C-])cc4c(c3C#N)B(C#N)c3c(C#N)cc([N+]#[C-])cc3-4)c([N+]#[C-])c21. The van der Waals surface area contributed by atoms with Crippen LogP contribution in [-0.4, -0.2) is 27.1 Å². The Balaban J connectivity index is 1.33. The maximum absolute atomic E-state index is 12.1. The Hall–Kier alpha value is -16.0. The van der Waals surface area contributed by atoms with Crippen LogP contribution in [0.2, 0.25) is 0 Å². The first kappa shape index (κ1) is 59.0. The fraction of sp³-hybridized carbons (Fsp3) is 0.0139. The lowest BCUT2D eigenvalue weighted by atomic mass is 9.42. The van der Waals surface area contributed by atoms with Gasteiger partial charge in [0.2, 0.25) is 0 Å². The number of benzene rings is 8. The second kappa shape index (κ2) is 22.0. The fourth-order valence-electron chi connectivity index (χ4n) is 14.3. The molecule has 5 heterocycles. The van der Waals surface area contributed by atoms with Gasteiger partial charge in [-0.3, -0.25) is 13.1 Å². The van der Waals surface area contributed by atoms with Gasteiger partial charge in [0.25, 0.3) is 0 Å². The van der Waals surface area contributed by atoms with E-state index in [0.29, 0.717) is 22.5 Å². The summed E-state index contributed by atoms with van der Waals surface area (Å²) in [6.45, 7) is 82.6. The van der Waals surface area contributed by atoms with E-state index in [9.17, 15) is 60.5 Å². The summed E-state index contributed by atoms with van der Waals surface area (Å²) in [6, 6.07) is 31.7. The van der Waals surface area contributed by atoms with Crippen molar-refractivity contribution in [3.8, 4) is 142 Å². The van der Waals surface area contributed by atoms with Crippen LogP contribution >= 0.6 is 11.3 Å². The standard InChI is InChI=1S/C72H15B4N19S/c1-33-12-41-48-23-52(89-5)58(70(93-9)68(48)75(94-10)65(41)53(13-33)90-6)72-59(56-36(26-79)19-44-42-14-34(24-77)15-54(91-7)66(42)76(95-11)67(44)69(56)92-8)60(57-50(30-83)64-47(22-51(57)88-4)46-21-40(87-3)17-38(28-81)62(46)74(64)32-85)71(96-72)55-35(25-78)18-43-45-20-39(86-2)16-37(27-80)61(45)73(31-84)63(43)49(55)29-82/h12-23H,1H3. The number of hydrogen-bond acceptors (Lipinski definition) is 10. The monoisotopic (exact) mass is 1220 g/mol. The van der Waals surface area contributed by atoms with E-state index in [-0.39, 0.29) is 182 Å². The molecule has 4 aliphatic heterocycles. The molecular weight excluding hydrogens is 1210 g/mol. The summed E-state index contributed by atoms with van der Waals surface area (Å²) < 4.78 is 7.97. The molecule has 19 nitrogen and oxygen atoms in total. The van der Waals surface area contributed by atoms with Gasteiger partial charge < -0.3 is 9.51 Å². The molecule has 0 aliphatic carbocycles. The molecule has 0 amide bonds. The van der Waals surface area contributed by atoms with E-state index in [0.717, 1.165) is 0 Å². The Morgan fingerprint density at radius 3 is 1.19 bits per heavy atom. The quantitative estimate of drug-likeness (QED) is 0.120. The molecular formula is C72H15B4N19S. The molecule has 0 atom stereocenters. The Labute approximate surface area is 552 Å². The Morgan fingerprint density at radius 2 is 0.729 bits per heavy atom. The molecule has 0 N–H and O–H groups in total. The van der Waals surface area contributed by atoms with E-state index in [1.165, 1.54) is 60.7 Å². The van der Waals surface area contributed by atoms with E-state index in [1.807, 2.05) is 6.07 Å². The highest BCUT2D eigenvalue weighted by Gasteiger charge is 2.51. The molecule has 24 heteroatoms. The highest BCUT2D eigenvalue weighted by atomic mass is 32.1. The van der Waals surface area contributed by atoms with Crippen LogP contribution in [0.3, 0.4) is 0 Å². The lowest BCUT2D eigenvalue weighted by Gasteiger charge is -2.21. The number of hydrogen-bond donors (Lipinski definition) is 0. The first-order valence-corrected chi connectivity index (χ1v) is 28.6. The molecule has 0 bridgehead atoms. The summed E-state index contributed by atoms with van der Waals surface area (Å²) >= 11 is 0.661. The van der Waals surface area contributed by atoms with E-state index in [2.05, 4.69) is 96.6 Å². The smallest absolute Gasteiger partial charge is 0.413 e. The second-order valence-corrected chi connectivity index (χ2v) is 22.9. The lowest BCUT2D eigenvalue weighted by molar-refractivity contribution is 1.46. The molecule has 0 unspecified atom stereocenters. The minimum Gasteiger partial charge on any atom is -0.413 e. The summed E-state index contributed by atoms with van der Waals surface area (Å²) in [5.41, 5.74) is -3.34. The minimum atomic E-state index is -1.51. The maximum Gasteiger partial charge on any atom is 0.621 e. The lowest BCUT2D eigenvalue weighted by Crippen LogP contribution is -2.40. The second-order valence-electron chi connectivity index (χ2n) is 21.9. The molecule has 9 aromatic rings. The van der Waals surface area contributed by atoms with Crippen LogP contribution in [0.1, 0.15) is 44.5 Å². The van der Waals surface area contributed by atoms with Crippen molar-refractivity contribution in [1.29, 1.82) is 47.4 Å². The topological polar surface area (TPSA) is 258 Å². The third-order valence-electron chi connectivity index (χ3n) is 17.7. The molecule has 416 valence electrons. The Morgan fingerprint density at radius 1 is 0.323 bits per heavy atom. The van der Waals surface area contributed by atoms with Crippen LogP contribution in [0, 0.1) is 174 Å². The van der Waals surface area contributed by atoms with Gasteiger partial charge in [0.1, 0.15) is 0 Å². The van der Waals surface area contributed by atoms with Crippen molar-refractivity contribution < 1.29 is 0 Å². The molecule has 0 spiro atoms. The van der Waals surface area contributed by atoms with Gasteiger partial charge in [0.05, 0.1) is 112 Å². The van der Waals surface area contributed by atoms with Crippen molar-refractivity contribution in [3.05, 3.63) is 231 Å². The van der Waals surface area contributed by atoms with Gasteiger partial charge in [-0.1, -0.05) is 23.8 Å². The van der Waals surface area contributed by atoms with Crippen LogP contribution in [-0.2, 0) is 0 Å². The average molecular weight is 1220 g/mol. The van der Waals surface area contributed by atoms with E-state index in [1.54, 1.807) is 19.1 Å². The molecule has 4 aliphatic rings. The number of thiophene rings is 1. The number of fused-ring (bicyclic) bond motifs is 12. The summed E-state index contributed by atoms with van der Waals surface area (Å²) in [5.74, 6) is 4.43. The average Bonchev–Trinajstić information content (AvgIpc) is 1.52. The summed E-state index contributed by atoms with van der Waals surface area (Å²) in [4.78, 5) is 30.4. The zero-order valence-corrected chi connectivity index (χ0v) is 49.5. The normalized spacial score (nSPS) is 11.1. The molecule has 1 aromatic heterocycles. The van der Waals surface area contributed by atoms with Crippen LogP contribution < -0.4 is 43.7 Å². The van der Waals surface area contributed by atoms with Gasteiger partial charge in [0, 0.05) is 88.1 Å². The zero-order chi connectivity index (χ0) is 68.0. The van der Waals surface area contributed by atoms with Gasteiger partial charge in [-0.2, -0.15) is 36.8 Å². The highest BCUT2D eigenvalue weighted by molar-refractivity contribution is 7.20. The number of nitriles is 9. The van der Waals surface area contributed by atoms with Crippen LogP contribution in [0.25, 0.3) is 136 Å². The Bertz CT molecular complexity index is 6350. The fourth-order valence-corrected chi connectivity index (χ4v) is 15.7. The van der Waals surface area contributed by atoms with Crippen LogP contribution in [0.5, 0.6) is 0 Å². The van der Waals surface area contributed by atoms with Gasteiger partial charge in [-0.25, -0.2) is 49.3 Å². The predicted octanol–water partition coefficient (Wildman–Crippen LogP) is 11.5. The van der Waals surface area contributed by atoms with Crippen molar-refractivity contribution in [2.45, 2.75) is 6.92 Å².